The lowest BCUT2D eigenvalue weighted by Crippen LogP contribution is -1.99. The Morgan fingerprint density at radius 2 is 1.79 bits per heavy atom. The number of nitrogens with one attached hydrogen (secondary N) is 1. The highest BCUT2D eigenvalue weighted by atomic mass is 32.2. The normalized spacial score (nSPS) is 12.6. The van der Waals surface area contributed by atoms with Crippen molar-refractivity contribution < 1.29 is 0 Å². The van der Waals surface area contributed by atoms with Crippen molar-refractivity contribution >= 4 is 23.1 Å². The highest BCUT2D eigenvalue weighted by Crippen LogP contribution is 2.42. The molecule has 0 radical (unpaired) electrons. The van der Waals surface area contributed by atoms with E-state index in [2.05, 4.69) is 15.3 Å². The van der Waals surface area contributed by atoms with Crippen LogP contribution in [0.3, 0.4) is 0 Å². The SMILES string of the molecule is c1cc2c(cn1)Nc1ccncc1S2. The van der Waals surface area contributed by atoms with E-state index in [1.807, 2.05) is 24.5 Å². The monoisotopic (exact) mass is 201 g/mol. The molecule has 0 amide bonds. The Kier molecular flexibility index (Phi) is 1.67. The van der Waals surface area contributed by atoms with E-state index in [9.17, 15) is 0 Å². The van der Waals surface area contributed by atoms with Crippen LogP contribution in [0.5, 0.6) is 0 Å². The van der Waals surface area contributed by atoms with E-state index in [1.165, 1.54) is 4.90 Å². The van der Waals surface area contributed by atoms with Gasteiger partial charge in [-0.3, -0.25) is 9.97 Å². The first-order valence-corrected chi connectivity index (χ1v) is 5.08. The van der Waals surface area contributed by atoms with Crippen LogP contribution in [0.4, 0.5) is 11.4 Å². The molecule has 4 heteroatoms. The number of hydrogen-bond acceptors (Lipinski definition) is 4. The van der Waals surface area contributed by atoms with Gasteiger partial charge in [0.05, 0.1) is 22.5 Å². The molecule has 1 aliphatic heterocycles. The van der Waals surface area contributed by atoms with E-state index in [4.69, 9.17) is 0 Å². The summed E-state index contributed by atoms with van der Waals surface area (Å²) in [6.45, 7) is 0. The van der Waals surface area contributed by atoms with Crippen LogP contribution in [0.2, 0.25) is 0 Å². The lowest BCUT2D eigenvalue weighted by atomic mass is 10.3. The Morgan fingerprint density at radius 1 is 0.929 bits per heavy atom. The summed E-state index contributed by atoms with van der Waals surface area (Å²) in [6.07, 6.45) is 7.30. The van der Waals surface area contributed by atoms with Crippen LogP contribution in [-0.4, -0.2) is 9.97 Å². The Morgan fingerprint density at radius 3 is 2.79 bits per heavy atom. The number of anilines is 2. The van der Waals surface area contributed by atoms with Crippen molar-refractivity contribution in [3.05, 3.63) is 36.9 Å². The van der Waals surface area contributed by atoms with Crippen molar-refractivity contribution in [2.75, 3.05) is 5.32 Å². The maximum absolute atomic E-state index is 4.09. The van der Waals surface area contributed by atoms with Gasteiger partial charge in [-0.05, 0) is 12.1 Å². The highest BCUT2D eigenvalue weighted by molar-refractivity contribution is 7.99. The number of rotatable bonds is 0. The van der Waals surface area contributed by atoms with Gasteiger partial charge in [0.2, 0.25) is 0 Å². The van der Waals surface area contributed by atoms with Gasteiger partial charge in [-0.2, -0.15) is 0 Å². The summed E-state index contributed by atoms with van der Waals surface area (Å²) in [5, 5.41) is 3.32. The molecule has 3 heterocycles. The molecule has 2 aromatic rings. The Bertz CT molecular complexity index is 397. The number of pyridine rings is 2. The fourth-order valence-electron chi connectivity index (χ4n) is 1.39. The van der Waals surface area contributed by atoms with E-state index in [0.717, 1.165) is 16.3 Å². The minimum absolute atomic E-state index is 1.07. The zero-order valence-corrected chi connectivity index (χ0v) is 8.08. The lowest BCUT2D eigenvalue weighted by molar-refractivity contribution is 1.18. The van der Waals surface area contributed by atoms with Gasteiger partial charge in [0, 0.05) is 23.5 Å². The second-order valence-corrected chi connectivity index (χ2v) is 4.05. The molecule has 68 valence electrons. The number of fused-ring (bicyclic) bond motifs is 2. The average molecular weight is 201 g/mol. The number of nitrogens with zero attached hydrogens (tertiary/aromatic N) is 2. The molecule has 0 unspecified atom stereocenters. The van der Waals surface area contributed by atoms with Gasteiger partial charge in [-0.1, -0.05) is 11.8 Å². The zero-order chi connectivity index (χ0) is 9.38. The summed E-state index contributed by atoms with van der Waals surface area (Å²) in [5.41, 5.74) is 2.17. The van der Waals surface area contributed by atoms with Gasteiger partial charge in [0.25, 0.3) is 0 Å². The molecule has 0 saturated heterocycles. The summed E-state index contributed by atoms with van der Waals surface area (Å²) in [6, 6.07) is 3.97. The summed E-state index contributed by atoms with van der Waals surface area (Å²) < 4.78 is 0. The number of aromatic nitrogens is 2. The van der Waals surface area contributed by atoms with Gasteiger partial charge in [-0.25, -0.2) is 0 Å². The molecule has 2 aromatic heterocycles. The van der Waals surface area contributed by atoms with E-state index in [1.54, 1.807) is 24.2 Å². The maximum atomic E-state index is 4.09. The molecule has 0 aromatic carbocycles. The van der Waals surface area contributed by atoms with Crippen LogP contribution in [-0.2, 0) is 0 Å². The largest absolute Gasteiger partial charge is 0.352 e. The topological polar surface area (TPSA) is 37.8 Å². The predicted molar refractivity (Wildman–Crippen MR) is 55.9 cm³/mol. The third-order valence-electron chi connectivity index (χ3n) is 2.05. The first-order chi connectivity index (χ1) is 6.93. The predicted octanol–water partition coefficient (Wildman–Crippen LogP) is 2.68. The molecular weight excluding hydrogens is 194 g/mol. The second-order valence-electron chi connectivity index (χ2n) is 2.97. The van der Waals surface area contributed by atoms with Crippen LogP contribution in [0.1, 0.15) is 0 Å². The standard InChI is InChI=1S/C10H7N3S/c1-3-12-6-10-7(1)13-8-5-11-4-2-9(8)14-10/h1-6,13H. The fourth-order valence-corrected chi connectivity index (χ4v) is 2.31. The number of hydrogen-bond donors (Lipinski definition) is 1. The van der Waals surface area contributed by atoms with E-state index in [0.29, 0.717) is 0 Å². The molecule has 0 atom stereocenters. The quantitative estimate of drug-likeness (QED) is 0.606. The molecular formula is C10H7N3S. The fraction of sp³-hybridized carbons (Fsp3) is 0. The third kappa shape index (κ3) is 1.15. The summed E-state index contributed by atoms with van der Waals surface area (Å²) in [4.78, 5) is 10.5. The summed E-state index contributed by atoms with van der Waals surface area (Å²) >= 11 is 1.72. The first-order valence-electron chi connectivity index (χ1n) is 4.26. The van der Waals surface area contributed by atoms with Gasteiger partial charge < -0.3 is 5.32 Å². The minimum atomic E-state index is 1.07. The van der Waals surface area contributed by atoms with E-state index >= 15 is 0 Å². The van der Waals surface area contributed by atoms with Crippen molar-refractivity contribution in [2.24, 2.45) is 0 Å². The molecule has 14 heavy (non-hydrogen) atoms. The summed E-state index contributed by atoms with van der Waals surface area (Å²) in [7, 11) is 0. The van der Waals surface area contributed by atoms with E-state index in [-0.39, 0.29) is 0 Å². The minimum Gasteiger partial charge on any atom is -0.352 e. The molecule has 0 aliphatic carbocycles. The molecule has 1 N–H and O–H groups in total. The molecule has 0 saturated carbocycles. The maximum Gasteiger partial charge on any atom is 0.0712 e. The molecule has 0 bridgehead atoms. The Balaban J connectivity index is 2.12. The van der Waals surface area contributed by atoms with Gasteiger partial charge in [-0.15, -0.1) is 0 Å². The third-order valence-corrected chi connectivity index (χ3v) is 3.18. The van der Waals surface area contributed by atoms with Crippen LogP contribution in [0, 0.1) is 0 Å². The average Bonchev–Trinajstić information content (AvgIpc) is 2.26. The Hall–Kier alpha value is -1.55. The molecule has 3 rings (SSSR count). The Labute approximate surface area is 85.6 Å². The van der Waals surface area contributed by atoms with Crippen molar-refractivity contribution in [1.82, 2.24) is 9.97 Å². The highest BCUT2D eigenvalue weighted by Gasteiger charge is 2.14. The van der Waals surface area contributed by atoms with Gasteiger partial charge in [0.15, 0.2) is 0 Å². The van der Waals surface area contributed by atoms with E-state index < -0.39 is 0 Å². The van der Waals surface area contributed by atoms with Crippen LogP contribution in [0.25, 0.3) is 0 Å². The summed E-state index contributed by atoms with van der Waals surface area (Å²) in [5.74, 6) is 0. The van der Waals surface area contributed by atoms with Crippen LogP contribution < -0.4 is 5.32 Å². The van der Waals surface area contributed by atoms with Crippen LogP contribution in [0.15, 0.2) is 46.7 Å². The second kappa shape index (κ2) is 2.99. The van der Waals surface area contributed by atoms with Crippen LogP contribution >= 0.6 is 11.8 Å². The lowest BCUT2D eigenvalue weighted by Gasteiger charge is -2.18. The van der Waals surface area contributed by atoms with Gasteiger partial charge >= 0.3 is 0 Å². The van der Waals surface area contributed by atoms with Crippen molar-refractivity contribution in [3.63, 3.8) is 0 Å². The zero-order valence-electron chi connectivity index (χ0n) is 7.27. The molecule has 3 nitrogen and oxygen atoms in total. The smallest absolute Gasteiger partial charge is 0.0712 e. The van der Waals surface area contributed by atoms with Gasteiger partial charge in [0.1, 0.15) is 0 Å². The molecule has 0 spiro atoms. The van der Waals surface area contributed by atoms with Crippen molar-refractivity contribution in [2.45, 2.75) is 9.79 Å². The van der Waals surface area contributed by atoms with Crippen molar-refractivity contribution in [1.29, 1.82) is 0 Å². The first kappa shape index (κ1) is 7.82. The molecule has 1 aliphatic rings. The van der Waals surface area contributed by atoms with Crippen molar-refractivity contribution in [3.8, 4) is 0 Å². The molecule has 0 fully saturated rings.